The first kappa shape index (κ1) is 15.7. The fraction of sp³-hybridized carbons (Fsp3) is 0.316. The van der Waals surface area contributed by atoms with Gasteiger partial charge in [-0.05, 0) is 55.5 Å². The van der Waals surface area contributed by atoms with Crippen LogP contribution >= 0.6 is 0 Å². The smallest absolute Gasteiger partial charge is 0.253 e. The van der Waals surface area contributed by atoms with Crippen LogP contribution < -0.4 is 5.32 Å². The Labute approximate surface area is 144 Å². The fourth-order valence-corrected chi connectivity index (χ4v) is 3.28. The Bertz CT molecular complexity index is 915. The third-order valence-electron chi connectivity index (χ3n) is 4.97. The number of rotatable bonds is 4. The molecule has 0 saturated heterocycles. The van der Waals surface area contributed by atoms with E-state index in [9.17, 15) is 9.18 Å². The molecule has 4 rings (SSSR count). The molecule has 1 aliphatic carbocycles. The number of amides is 1. The van der Waals surface area contributed by atoms with Gasteiger partial charge in [-0.15, -0.1) is 10.2 Å². The third kappa shape index (κ3) is 2.99. The summed E-state index contributed by atoms with van der Waals surface area (Å²) < 4.78 is 15.0. The van der Waals surface area contributed by atoms with Crippen LogP contribution in [0.15, 0.2) is 42.6 Å². The maximum Gasteiger partial charge on any atom is 0.253 e. The quantitative estimate of drug-likeness (QED) is 0.793. The van der Waals surface area contributed by atoms with Crippen molar-refractivity contribution in [2.75, 3.05) is 0 Å². The Balaban J connectivity index is 1.60. The number of fused-ring (bicyclic) bond motifs is 1. The van der Waals surface area contributed by atoms with Crippen molar-refractivity contribution in [3.8, 4) is 0 Å². The predicted molar refractivity (Wildman–Crippen MR) is 91.7 cm³/mol. The first-order valence-corrected chi connectivity index (χ1v) is 8.49. The summed E-state index contributed by atoms with van der Waals surface area (Å²) in [6.07, 6.45) is 5.07. The standard InChI is InChI=1S/C19H19FN4O/c1-12-22-23-17-10-7-15(11-24(12)17)19(25)21-18(13-3-2-4-13)14-5-8-16(20)9-6-14/h5-11,13,18H,2-4H2,1H3,(H,21,25). The van der Waals surface area contributed by atoms with Gasteiger partial charge in [-0.2, -0.15) is 0 Å². The van der Waals surface area contributed by atoms with E-state index in [0.717, 1.165) is 24.2 Å². The van der Waals surface area contributed by atoms with Crippen LogP contribution in [0.5, 0.6) is 0 Å². The van der Waals surface area contributed by atoms with Gasteiger partial charge in [0.25, 0.3) is 5.91 Å². The molecule has 1 N–H and O–H groups in total. The molecule has 3 aromatic rings. The van der Waals surface area contributed by atoms with E-state index < -0.39 is 0 Å². The summed E-state index contributed by atoms with van der Waals surface area (Å²) in [5, 5.41) is 11.2. The second-order valence-electron chi connectivity index (χ2n) is 6.59. The summed E-state index contributed by atoms with van der Waals surface area (Å²) in [6.45, 7) is 1.84. The number of carbonyl (C=O) groups excluding carboxylic acids is 1. The van der Waals surface area contributed by atoms with E-state index in [4.69, 9.17) is 0 Å². The molecule has 5 nitrogen and oxygen atoms in total. The Hall–Kier alpha value is -2.76. The van der Waals surface area contributed by atoms with Crippen molar-refractivity contribution in [2.45, 2.75) is 32.2 Å². The molecule has 1 aromatic carbocycles. The summed E-state index contributed by atoms with van der Waals surface area (Å²) in [6, 6.07) is 9.84. The van der Waals surface area contributed by atoms with Gasteiger partial charge in [-0.1, -0.05) is 18.6 Å². The summed E-state index contributed by atoms with van der Waals surface area (Å²) in [7, 11) is 0. The fourth-order valence-electron chi connectivity index (χ4n) is 3.28. The topological polar surface area (TPSA) is 59.3 Å². The van der Waals surface area contributed by atoms with Crippen LogP contribution in [0.25, 0.3) is 5.65 Å². The van der Waals surface area contributed by atoms with Crippen LogP contribution in [0.2, 0.25) is 0 Å². The third-order valence-corrected chi connectivity index (χ3v) is 4.97. The van der Waals surface area contributed by atoms with E-state index in [1.807, 2.05) is 6.92 Å². The van der Waals surface area contributed by atoms with Crippen LogP contribution in [0.1, 0.15) is 47.1 Å². The molecule has 1 aliphatic rings. The monoisotopic (exact) mass is 338 g/mol. The van der Waals surface area contributed by atoms with Gasteiger partial charge in [0, 0.05) is 6.20 Å². The van der Waals surface area contributed by atoms with Crippen molar-refractivity contribution >= 4 is 11.6 Å². The number of aryl methyl sites for hydroxylation is 1. The van der Waals surface area contributed by atoms with Crippen LogP contribution in [0, 0.1) is 18.7 Å². The molecule has 25 heavy (non-hydrogen) atoms. The van der Waals surface area contributed by atoms with Crippen molar-refractivity contribution in [1.29, 1.82) is 0 Å². The Morgan fingerprint density at radius 3 is 2.64 bits per heavy atom. The molecule has 2 aromatic heterocycles. The maximum absolute atomic E-state index is 13.2. The molecule has 1 atom stereocenters. The largest absolute Gasteiger partial charge is 0.345 e. The molecule has 0 spiro atoms. The SMILES string of the molecule is Cc1nnc2ccc(C(=O)NC(c3ccc(F)cc3)C3CCC3)cn12. The number of aromatic nitrogens is 3. The van der Waals surface area contributed by atoms with Crippen molar-refractivity contribution in [1.82, 2.24) is 19.9 Å². The van der Waals surface area contributed by atoms with Gasteiger partial charge in [0.05, 0.1) is 11.6 Å². The normalized spacial score (nSPS) is 15.8. The van der Waals surface area contributed by atoms with E-state index in [1.165, 1.54) is 18.6 Å². The zero-order chi connectivity index (χ0) is 17.4. The predicted octanol–water partition coefficient (Wildman–Crippen LogP) is 3.45. The molecule has 1 saturated carbocycles. The maximum atomic E-state index is 13.2. The van der Waals surface area contributed by atoms with Gasteiger partial charge in [-0.25, -0.2) is 4.39 Å². The molecule has 0 radical (unpaired) electrons. The number of hydrogen-bond acceptors (Lipinski definition) is 3. The summed E-state index contributed by atoms with van der Waals surface area (Å²) in [5.74, 6) is 0.723. The number of benzene rings is 1. The molecule has 1 unspecified atom stereocenters. The molecule has 2 heterocycles. The highest BCUT2D eigenvalue weighted by Crippen LogP contribution is 2.37. The minimum atomic E-state index is -0.268. The van der Waals surface area contributed by atoms with Crippen LogP contribution in [0.4, 0.5) is 4.39 Å². The van der Waals surface area contributed by atoms with Gasteiger partial charge in [0.1, 0.15) is 11.6 Å². The van der Waals surface area contributed by atoms with Gasteiger partial charge < -0.3 is 5.32 Å². The summed E-state index contributed by atoms with van der Waals surface area (Å²) >= 11 is 0. The highest BCUT2D eigenvalue weighted by Gasteiger charge is 2.30. The van der Waals surface area contributed by atoms with Crippen molar-refractivity contribution < 1.29 is 9.18 Å². The Morgan fingerprint density at radius 2 is 1.96 bits per heavy atom. The Morgan fingerprint density at radius 1 is 1.20 bits per heavy atom. The number of halogens is 1. The van der Waals surface area contributed by atoms with E-state index in [2.05, 4.69) is 15.5 Å². The van der Waals surface area contributed by atoms with E-state index in [0.29, 0.717) is 17.1 Å². The molecular formula is C19H19FN4O. The minimum absolute atomic E-state index is 0.0976. The Kier molecular flexibility index (Phi) is 3.95. The number of nitrogens with zero attached hydrogens (tertiary/aromatic N) is 3. The highest BCUT2D eigenvalue weighted by molar-refractivity contribution is 5.94. The van der Waals surface area contributed by atoms with Crippen molar-refractivity contribution in [2.24, 2.45) is 5.92 Å². The first-order valence-electron chi connectivity index (χ1n) is 8.49. The lowest BCUT2D eigenvalue weighted by atomic mass is 9.77. The molecule has 0 aliphatic heterocycles. The zero-order valence-corrected chi connectivity index (χ0v) is 13.9. The van der Waals surface area contributed by atoms with Gasteiger partial charge >= 0.3 is 0 Å². The highest BCUT2D eigenvalue weighted by atomic mass is 19.1. The number of hydrogen-bond donors (Lipinski definition) is 1. The summed E-state index contributed by atoms with van der Waals surface area (Å²) in [4.78, 5) is 12.8. The minimum Gasteiger partial charge on any atom is -0.345 e. The molecular weight excluding hydrogens is 319 g/mol. The average molecular weight is 338 g/mol. The van der Waals surface area contributed by atoms with Gasteiger partial charge in [0.15, 0.2) is 5.65 Å². The van der Waals surface area contributed by atoms with E-state index in [1.54, 1.807) is 34.9 Å². The van der Waals surface area contributed by atoms with E-state index in [-0.39, 0.29) is 17.8 Å². The van der Waals surface area contributed by atoms with Crippen LogP contribution in [-0.4, -0.2) is 20.5 Å². The van der Waals surface area contributed by atoms with Gasteiger partial charge in [-0.3, -0.25) is 9.20 Å². The zero-order valence-electron chi connectivity index (χ0n) is 13.9. The lowest BCUT2D eigenvalue weighted by Gasteiger charge is -2.34. The van der Waals surface area contributed by atoms with Crippen molar-refractivity contribution in [3.05, 3.63) is 65.4 Å². The number of pyridine rings is 1. The number of nitrogens with one attached hydrogen (secondary N) is 1. The molecule has 1 amide bonds. The molecule has 0 bridgehead atoms. The lowest BCUT2D eigenvalue weighted by Crippen LogP contribution is -2.36. The molecule has 6 heteroatoms. The summed E-state index contributed by atoms with van der Waals surface area (Å²) in [5.41, 5.74) is 2.21. The second-order valence-corrected chi connectivity index (χ2v) is 6.59. The average Bonchev–Trinajstić information content (AvgIpc) is 2.94. The lowest BCUT2D eigenvalue weighted by molar-refractivity contribution is 0.0900. The number of carbonyl (C=O) groups is 1. The molecule has 1 fully saturated rings. The first-order chi connectivity index (χ1) is 12.1. The van der Waals surface area contributed by atoms with E-state index >= 15 is 0 Å². The van der Waals surface area contributed by atoms with Crippen LogP contribution in [-0.2, 0) is 0 Å². The van der Waals surface area contributed by atoms with Gasteiger partial charge in [0.2, 0.25) is 0 Å². The molecule has 128 valence electrons. The van der Waals surface area contributed by atoms with Crippen LogP contribution in [0.3, 0.4) is 0 Å². The van der Waals surface area contributed by atoms with Crippen molar-refractivity contribution in [3.63, 3.8) is 0 Å². The second kappa shape index (κ2) is 6.27.